The Balaban J connectivity index is 2.04. The summed E-state index contributed by atoms with van der Waals surface area (Å²) in [7, 11) is 1.24. The van der Waals surface area contributed by atoms with Crippen molar-refractivity contribution in [2.45, 2.75) is 38.5 Å². The maximum absolute atomic E-state index is 13.8. The van der Waals surface area contributed by atoms with Gasteiger partial charge in [0, 0.05) is 18.7 Å². The van der Waals surface area contributed by atoms with E-state index in [9.17, 15) is 9.18 Å². The fourth-order valence-electron chi connectivity index (χ4n) is 2.32. The highest BCUT2D eigenvalue weighted by atomic mass is 19.1. The van der Waals surface area contributed by atoms with Crippen molar-refractivity contribution in [1.29, 1.82) is 0 Å². The average Bonchev–Trinajstić information content (AvgIpc) is 2.76. The predicted octanol–water partition coefficient (Wildman–Crippen LogP) is 2.27. The minimum atomic E-state index is -0.660. The molecule has 1 saturated heterocycles. The van der Waals surface area contributed by atoms with Gasteiger partial charge in [0.25, 0.3) is 0 Å². The van der Waals surface area contributed by atoms with Crippen LogP contribution in [0.15, 0.2) is 18.2 Å². The largest absolute Gasteiger partial charge is 0.465 e. The summed E-state index contributed by atoms with van der Waals surface area (Å²) in [6.45, 7) is 5.40. The molecule has 4 nitrogen and oxygen atoms in total. The van der Waals surface area contributed by atoms with E-state index in [0.29, 0.717) is 6.54 Å². The second-order valence-electron chi connectivity index (χ2n) is 5.34. The number of ether oxygens (including phenoxy) is 2. The summed E-state index contributed by atoms with van der Waals surface area (Å²) in [5.74, 6) is -1.22. The summed E-state index contributed by atoms with van der Waals surface area (Å²) < 4.78 is 23.9. The lowest BCUT2D eigenvalue weighted by Crippen LogP contribution is -2.47. The summed E-state index contributed by atoms with van der Waals surface area (Å²) >= 11 is 0. The molecular weight excluding hydrogens is 261 g/mol. The van der Waals surface area contributed by atoms with Gasteiger partial charge in [0.1, 0.15) is 5.82 Å². The molecule has 2 atom stereocenters. The molecule has 1 fully saturated rings. The summed E-state index contributed by atoms with van der Waals surface area (Å²) in [5, 5.41) is 3.41. The first-order valence-electron chi connectivity index (χ1n) is 6.69. The van der Waals surface area contributed by atoms with E-state index in [4.69, 9.17) is 4.74 Å². The second-order valence-corrected chi connectivity index (χ2v) is 5.34. The van der Waals surface area contributed by atoms with Crippen LogP contribution in [-0.2, 0) is 16.0 Å². The van der Waals surface area contributed by atoms with Crippen molar-refractivity contribution in [3.63, 3.8) is 0 Å². The molecular formula is C15H20FNO3. The van der Waals surface area contributed by atoms with E-state index in [1.807, 2.05) is 6.92 Å². The summed E-state index contributed by atoms with van der Waals surface area (Å²) in [5.41, 5.74) is 0.646. The number of carbonyl (C=O) groups is 1. The molecule has 0 radical (unpaired) electrons. The normalized spacial score (nSPS) is 25.7. The number of carbonyl (C=O) groups excluding carboxylic acids is 1. The Morgan fingerprint density at radius 2 is 2.35 bits per heavy atom. The van der Waals surface area contributed by atoms with Gasteiger partial charge < -0.3 is 14.8 Å². The van der Waals surface area contributed by atoms with Crippen LogP contribution in [0.1, 0.15) is 36.2 Å². The third kappa shape index (κ3) is 2.99. The van der Waals surface area contributed by atoms with Crippen LogP contribution in [0.5, 0.6) is 0 Å². The first-order valence-corrected chi connectivity index (χ1v) is 6.69. The molecule has 1 N–H and O–H groups in total. The van der Waals surface area contributed by atoms with Crippen molar-refractivity contribution in [1.82, 2.24) is 5.32 Å². The number of nitrogens with one attached hydrogen (secondary N) is 1. The van der Waals surface area contributed by atoms with Gasteiger partial charge in [-0.3, -0.25) is 0 Å². The van der Waals surface area contributed by atoms with Gasteiger partial charge in [0.05, 0.1) is 18.8 Å². The zero-order valence-corrected chi connectivity index (χ0v) is 12.0. The molecule has 0 aromatic heterocycles. The fourth-order valence-corrected chi connectivity index (χ4v) is 2.32. The van der Waals surface area contributed by atoms with Crippen LogP contribution in [-0.4, -0.2) is 31.3 Å². The van der Waals surface area contributed by atoms with E-state index < -0.39 is 11.8 Å². The van der Waals surface area contributed by atoms with Gasteiger partial charge in [-0.05, 0) is 38.0 Å². The van der Waals surface area contributed by atoms with Crippen LogP contribution in [0.3, 0.4) is 0 Å². The van der Waals surface area contributed by atoms with Gasteiger partial charge in [-0.2, -0.15) is 0 Å². The molecule has 0 bridgehead atoms. The van der Waals surface area contributed by atoms with E-state index in [2.05, 4.69) is 17.0 Å². The summed E-state index contributed by atoms with van der Waals surface area (Å²) in [6, 6.07) is 4.55. The van der Waals surface area contributed by atoms with Crippen molar-refractivity contribution in [3.05, 3.63) is 35.1 Å². The zero-order valence-electron chi connectivity index (χ0n) is 12.0. The van der Waals surface area contributed by atoms with Gasteiger partial charge >= 0.3 is 5.97 Å². The highest BCUT2D eigenvalue weighted by molar-refractivity contribution is 5.89. The van der Waals surface area contributed by atoms with Gasteiger partial charge in [-0.25, -0.2) is 9.18 Å². The number of esters is 1. The van der Waals surface area contributed by atoms with Crippen LogP contribution in [0.4, 0.5) is 4.39 Å². The van der Waals surface area contributed by atoms with Crippen molar-refractivity contribution in [2.75, 3.05) is 13.7 Å². The van der Waals surface area contributed by atoms with E-state index in [1.165, 1.54) is 19.2 Å². The maximum atomic E-state index is 13.8. The third-order valence-corrected chi connectivity index (χ3v) is 4.02. The molecule has 2 rings (SSSR count). The highest BCUT2D eigenvalue weighted by Gasteiger charge is 2.36. The number of rotatable bonds is 4. The predicted molar refractivity (Wildman–Crippen MR) is 73.0 cm³/mol. The van der Waals surface area contributed by atoms with Crippen LogP contribution in [0.25, 0.3) is 0 Å². The van der Waals surface area contributed by atoms with Gasteiger partial charge in [0.15, 0.2) is 0 Å². The molecule has 1 aromatic carbocycles. The molecule has 1 heterocycles. The number of hydrogen-bond acceptors (Lipinski definition) is 4. The van der Waals surface area contributed by atoms with Crippen LogP contribution >= 0.6 is 0 Å². The summed E-state index contributed by atoms with van der Waals surface area (Å²) in [4.78, 5) is 11.3. The molecule has 0 aliphatic carbocycles. The molecule has 5 heteroatoms. The van der Waals surface area contributed by atoms with Gasteiger partial charge in [0.2, 0.25) is 0 Å². The van der Waals surface area contributed by atoms with Gasteiger partial charge in [-0.15, -0.1) is 0 Å². The minimum absolute atomic E-state index is 0.0416. The number of benzene rings is 1. The Morgan fingerprint density at radius 1 is 1.60 bits per heavy atom. The highest BCUT2D eigenvalue weighted by Crippen LogP contribution is 2.25. The quantitative estimate of drug-likeness (QED) is 0.860. The van der Waals surface area contributed by atoms with Crippen molar-refractivity contribution >= 4 is 5.97 Å². The Bertz CT molecular complexity index is 506. The molecule has 0 spiro atoms. The maximum Gasteiger partial charge on any atom is 0.340 e. The summed E-state index contributed by atoms with van der Waals surface area (Å²) in [6.07, 6.45) is 1.05. The molecule has 0 saturated carbocycles. The average molecular weight is 281 g/mol. The first kappa shape index (κ1) is 14.9. The van der Waals surface area contributed by atoms with Crippen LogP contribution in [0, 0.1) is 5.82 Å². The Kier molecular flexibility index (Phi) is 4.40. The molecule has 1 aliphatic heterocycles. The molecule has 1 aliphatic rings. The molecule has 0 amide bonds. The minimum Gasteiger partial charge on any atom is -0.465 e. The Labute approximate surface area is 118 Å². The lowest BCUT2D eigenvalue weighted by molar-refractivity contribution is 0.0595. The SMILES string of the molecule is COC(=O)c1ccc(CNC2(C)CCOC2C)cc1F. The molecule has 110 valence electrons. The van der Waals surface area contributed by atoms with Crippen molar-refractivity contribution in [2.24, 2.45) is 0 Å². The molecule has 20 heavy (non-hydrogen) atoms. The smallest absolute Gasteiger partial charge is 0.340 e. The van der Waals surface area contributed by atoms with E-state index in [1.54, 1.807) is 6.07 Å². The number of halogens is 1. The number of methoxy groups -OCH3 is 1. The zero-order chi connectivity index (χ0) is 14.8. The van der Waals surface area contributed by atoms with Gasteiger partial charge in [-0.1, -0.05) is 6.07 Å². The van der Waals surface area contributed by atoms with Crippen molar-refractivity contribution in [3.8, 4) is 0 Å². The van der Waals surface area contributed by atoms with E-state index >= 15 is 0 Å². The van der Waals surface area contributed by atoms with E-state index in [-0.39, 0.29) is 17.2 Å². The first-order chi connectivity index (χ1) is 9.46. The van der Waals surface area contributed by atoms with Crippen molar-refractivity contribution < 1.29 is 18.7 Å². The second kappa shape index (κ2) is 5.89. The monoisotopic (exact) mass is 281 g/mol. The van der Waals surface area contributed by atoms with E-state index in [0.717, 1.165) is 18.6 Å². The standard InChI is InChI=1S/C15H20FNO3/c1-10-15(2,6-7-20-10)17-9-11-4-5-12(13(16)8-11)14(18)19-3/h4-5,8,10,17H,6-7,9H2,1-3H3. The third-order valence-electron chi connectivity index (χ3n) is 4.02. The van der Waals surface area contributed by atoms with Crippen LogP contribution in [0.2, 0.25) is 0 Å². The van der Waals surface area contributed by atoms with Crippen LogP contribution < -0.4 is 5.32 Å². The number of hydrogen-bond donors (Lipinski definition) is 1. The fraction of sp³-hybridized carbons (Fsp3) is 0.533. The lowest BCUT2D eigenvalue weighted by atomic mass is 9.94. The topological polar surface area (TPSA) is 47.6 Å². The Hall–Kier alpha value is -1.46. The lowest BCUT2D eigenvalue weighted by Gasteiger charge is -2.29. The molecule has 2 unspecified atom stereocenters. The molecule has 1 aromatic rings. The Morgan fingerprint density at radius 3 is 2.90 bits per heavy atom.